The predicted octanol–water partition coefficient (Wildman–Crippen LogP) is 6.49. The summed E-state index contributed by atoms with van der Waals surface area (Å²) in [5.41, 5.74) is 6.74. The van der Waals surface area contributed by atoms with Crippen LogP contribution in [0.2, 0.25) is 5.02 Å². The molecular weight excluding hydrogens is 346 g/mol. The maximum atomic E-state index is 6.41. The van der Waals surface area contributed by atoms with Crippen LogP contribution in [0, 0.1) is 0 Å². The average Bonchev–Trinajstić information content (AvgIpc) is 2.64. The number of para-hydroxylation sites is 1. The molecule has 0 saturated heterocycles. The molecular formula is C18H11BrClN. The number of nitrogens with one attached hydrogen (secondary N) is 1. The van der Waals surface area contributed by atoms with E-state index in [9.17, 15) is 0 Å². The molecule has 3 aromatic carbocycles. The fraction of sp³-hybridized carbons (Fsp3) is 0. The van der Waals surface area contributed by atoms with Crippen molar-refractivity contribution in [1.29, 1.82) is 0 Å². The van der Waals surface area contributed by atoms with Crippen molar-refractivity contribution in [3.8, 4) is 22.3 Å². The van der Waals surface area contributed by atoms with Gasteiger partial charge in [-0.3, -0.25) is 0 Å². The summed E-state index contributed by atoms with van der Waals surface area (Å²) in [4.78, 5) is 0. The zero-order valence-electron chi connectivity index (χ0n) is 11.0. The molecule has 0 spiro atoms. The molecule has 1 aliphatic heterocycles. The average molecular weight is 357 g/mol. The van der Waals surface area contributed by atoms with Crippen molar-refractivity contribution >= 4 is 38.9 Å². The monoisotopic (exact) mass is 355 g/mol. The zero-order valence-corrected chi connectivity index (χ0v) is 13.4. The van der Waals surface area contributed by atoms with Crippen LogP contribution in [0.4, 0.5) is 11.4 Å². The van der Waals surface area contributed by atoms with E-state index in [0.717, 1.165) is 26.4 Å². The van der Waals surface area contributed by atoms with Crippen LogP contribution in [0.3, 0.4) is 0 Å². The lowest BCUT2D eigenvalue weighted by Gasteiger charge is -2.11. The highest BCUT2D eigenvalue weighted by atomic mass is 79.9. The van der Waals surface area contributed by atoms with Crippen LogP contribution < -0.4 is 5.32 Å². The summed E-state index contributed by atoms with van der Waals surface area (Å²) in [6.45, 7) is 0. The lowest BCUT2D eigenvalue weighted by Crippen LogP contribution is -1.92. The van der Waals surface area contributed by atoms with Gasteiger partial charge in [0, 0.05) is 21.3 Å². The summed E-state index contributed by atoms with van der Waals surface area (Å²) in [5, 5.41) is 4.23. The Hall–Kier alpha value is -1.77. The topological polar surface area (TPSA) is 12.0 Å². The molecule has 3 heteroatoms. The normalized spacial score (nSPS) is 11.7. The highest BCUT2D eigenvalue weighted by molar-refractivity contribution is 9.10. The SMILES string of the molecule is Clc1cccc2c1Nc1ccc(Br)cc1-c1ccccc1-2. The number of anilines is 2. The summed E-state index contributed by atoms with van der Waals surface area (Å²) in [6.07, 6.45) is 0. The van der Waals surface area contributed by atoms with Gasteiger partial charge in [0.1, 0.15) is 0 Å². The van der Waals surface area contributed by atoms with Gasteiger partial charge >= 0.3 is 0 Å². The first-order valence-electron chi connectivity index (χ1n) is 6.69. The molecule has 0 radical (unpaired) electrons. The van der Waals surface area contributed by atoms with Crippen molar-refractivity contribution in [1.82, 2.24) is 0 Å². The zero-order chi connectivity index (χ0) is 14.4. The number of halogens is 2. The van der Waals surface area contributed by atoms with Gasteiger partial charge in [0.15, 0.2) is 0 Å². The minimum absolute atomic E-state index is 0.734. The van der Waals surface area contributed by atoms with Crippen LogP contribution in [0.1, 0.15) is 0 Å². The van der Waals surface area contributed by atoms with Gasteiger partial charge < -0.3 is 5.32 Å². The quantitative estimate of drug-likeness (QED) is 0.379. The van der Waals surface area contributed by atoms with Crippen molar-refractivity contribution in [3.05, 3.63) is 70.2 Å². The molecule has 3 aromatic rings. The molecule has 21 heavy (non-hydrogen) atoms. The third-order valence-electron chi connectivity index (χ3n) is 3.76. The molecule has 0 amide bonds. The van der Waals surface area contributed by atoms with Crippen LogP contribution in [0.5, 0.6) is 0 Å². The van der Waals surface area contributed by atoms with Crippen molar-refractivity contribution in [2.45, 2.75) is 0 Å². The molecule has 0 fully saturated rings. The molecule has 1 N–H and O–H groups in total. The Kier molecular flexibility index (Phi) is 3.02. The summed E-state index contributed by atoms with van der Waals surface area (Å²) in [6, 6.07) is 20.7. The minimum Gasteiger partial charge on any atom is -0.353 e. The maximum Gasteiger partial charge on any atom is 0.0653 e. The molecule has 1 nitrogen and oxygen atoms in total. The second-order valence-electron chi connectivity index (χ2n) is 5.02. The van der Waals surface area contributed by atoms with E-state index < -0.39 is 0 Å². The largest absolute Gasteiger partial charge is 0.353 e. The molecule has 1 heterocycles. The number of benzene rings is 3. The van der Waals surface area contributed by atoms with Crippen LogP contribution >= 0.6 is 27.5 Å². The highest BCUT2D eigenvalue weighted by Gasteiger charge is 2.20. The van der Waals surface area contributed by atoms with E-state index in [4.69, 9.17) is 11.6 Å². The first kappa shape index (κ1) is 12.9. The summed E-state index contributed by atoms with van der Waals surface area (Å²) in [7, 11) is 0. The molecule has 0 atom stereocenters. The first-order valence-corrected chi connectivity index (χ1v) is 7.86. The Morgan fingerprint density at radius 3 is 2.29 bits per heavy atom. The smallest absolute Gasteiger partial charge is 0.0653 e. The van der Waals surface area contributed by atoms with Crippen molar-refractivity contribution in [2.24, 2.45) is 0 Å². The second-order valence-corrected chi connectivity index (χ2v) is 6.35. The van der Waals surface area contributed by atoms with Crippen molar-refractivity contribution in [3.63, 3.8) is 0 Å². The lowest BCUT2D eigenvalue weighted by atomic mass is 9.95. The van der Waals surface area contributed by atoms with Gasteiger partial charge in [-0.1, -0.05) is 63.9 Å². The van der Waals surface area contributed by atoms with E-state index >= 15 is 0 Å². The van der Waals surface area contributed by atoms with E-state index in [-0.39, 0.29) is 0 Å². The highest BCUT2D eigenvalue weighted by Crippen LogP contribution is 2.46. The van der Waals surface area contributed by atoms with E-state index in [2.05, 4.69) is 63.7 Å². The molecule has 0 unspecified atom stereocenters. The fourth-order valence-corrected chi connectivity index (χ4v) is 3.39. The van der Waals surface area contributed by atoms with E-state index in [1.807, 2.05) is 18.2 Å². The van der Waals surface area contributed by atoms with Crippen LogP contribution in [-0.4, -0.2) is 0 Å². The third kappa shape index (κ3) is 2.06. The summed E-state index contributed by atoms with van der Waals surface area (Å²) in [5.74, 6) is 0. The Bertz CT molecular complexity index is 843. The Morgan fingerprint density at radius 1 is 0.762 bits per heavy atom. The van der Waals surface area contributed by atoms with Gasteiger partial charge in [-0.25, -0.2) is 0 Å². The van der Waals surface area contributed by atoms with Gasteiger partial charge in [0.25, 0.3) is 0 Å². The fourth-order valence-electron chi connectivity index (χ4n) is 2.81. The standard InChI is InChI=1S/C18H11BrClN/c19-11-8-9-17-15(10-11)13-5-2-1-4-12(13)14-6-3-7-16(20)18(14)21-17/h1-10,21H. The molecule has 0 bridgehead atoms. The number of hydrogen-bond acceptors (Lipinski definition) is 1. The number of hydrogen-bond donors (Lipinski definition) is 1. The molecule has 0 aliphatic carbocycles. The third-order valence-corrected chi connectivity index (χ3v) is 4.57. The minimum atomic E-state index is 0.734. The maximum absolute atomic E-state index is 6.41. The van der Waals surface area contributed by atoms with Gasteiger partial charge in [0.2, 0.25) is 0 Å². The van der Waals surface area contributed by atoms with E-state index in [1.54, 1.807) is 0 Å². The van der Waals surface area contributed by atoms with E-state index in [1.165, 1.54) is 16.7 Å². The molecule has 0 aromatic heterocycles. The summed E-state index contributed by atoms with van der Waals surface area (Å²) >= 11 is 9.97. The molecule has 102 valence electrons. The van der Waals surface area contributed by atoms with Crippen molar-refractivity contribution in [2.75, 3.05) is 5.32 Å². The number of fused-ring (bicyclic) bond motifs is 5. The van der Waals surface area contributed by atoms with Gasteiger partial charge in [-0.05, 0) is 35.4 Å². The van der Waals surface area contributed by atoms with Crippen LogP contribution in [0.25, 0.3) is 22.3 Å². The number of rotatable bonds is 0. The van der Waals surface area contributed by atoms with Crippen LogP contribution in [-0.2, 0) is 0 Å². The van der Waals surface area contributed by atoms with Gasteiger partial charge in [0.05, 0.1) is 10.7 Å². The predicted molar refractivity (Wildman–Crippen MR) is 93.3 cm³/mol. The lowest BCUT2D eigenvalue weighted by molar-refractivity contribution is 1.56. The van der Waals surface area contributed by atoms with Crippen LogP contribution in [0.15, 0.2) is 65.1 Å². The van der Waals surface area contributed by atoms with Crippen molar-refractivity contribution < 1.29 is 0 Å². The Labute approximate surface area is 136 Å². The Balaban J connectivity index is 2.13. The molecule has 4 rings (SSSR count). The molecule has 0 saturated carbocycles. The van der Waals surface area contributed by atoms with Gasteiger partial charge in [-0.2, -0.15) is 0 Å². The second kappa shape index (κ2) is 4.90. The summed E-state index contributed by atoms with van der Waals surface area (Å²) < 4.78 is 1.06. The Morgan fingerprint density at radius 2 is 1.48 bits per heavy atom. The molecule has 1 aliphatic rings. The van der Waals surface area contributed by atoms with E-state index in [0.29, 0.717) is 0 Å². The van der Waals surface area contributed by atoms with Gasteiger partial charge in [-0.15, -0.1) is 0 Å². The first-order chi connectivity index (χ1) is 10.2.